The summed E-state index contributed by atoms with van der Waals surface area (Å²) in [4.78, 5) is 25.4. The minimum atomic E-state index is -1.11. The highest BCUT2D eigenvalue weighted by atomic mass is 16.4. The molecule has 6 heteroatoms. The molecule has 0 saturated heterocycles. The van der Waals surface area contributed by atoms with E-state index in [1.165, 1.54) is 0 Å². The number of amides is 2. The van der Waals surface area contributed by atoms with Crippen LogP contribution in [0.5, 0.6) is 0 Å². The first kappa shape index (κ1) is 17.0. The van der Waals surface area contributed by atoms with Gasteiger partial charge in [-0.3, -0.25) is 10.1 Å². The fourth-order valence-corrected chi connectivity index (χ4v) is 3.24. The van der Waals surface area contributed by atoms with Crippen LogP contribution in [0.15, 0.2) is 42.5 Å². The van der Waals surface area contributed by atoms with Crippen molar-refractivity contribution < 1.29 is 14.7 Å². The molecule has 130 valence electrons. The SMILES string of the molecule is Cc1c(NC(=O)O)ccc2c1CN(Cc1ccccc1)C(=O)C(N)C2. The van der Waals surface area contributed by atoms with E-state index in [1.807, 2.05) is 43.3 Å². The van der Waals surface area contributed by atoms with Crippen LogP contribution in [-0.4, -0.2) is 28.0 Å². The summed E-state index contributed by atoms with van der Waals surface area (Å²) < 4.78 is 0. The van der Waals surface area contributed by atoms with E-state index in [0.29, 0.717) is 25.2 Å². The number of hydrogen-bond donors (Lipinski definition) is 3. The summed E-state index contributed by atoms with van der Waals surface area (Å²) in [5.41, 5.74) is 10.5. The van der Waals surface area contributed by atoms with Gasteiger partial charge in [-0.1, -0.05) is 36.4 Å². The zero-order valence-electron chi connectivity index (χ0n) is 14.0. The summed E-state index contributed by atoms with van der Waals surface area (Å²) in [6.07, 6.45) is -0.654. The summed E-state index contributed by atoms with van der Waals surface area (Å²) in [5.74, 6) is -0.0906. The fourth-order valence-electron chi connectivity index (χ4n) is 3.24. The minimum Gasteiger partial charge on any atom is -0.465 e. The van der Waals surface area contributed by atoms with Crippen LogP contribution >= 0.6 is 0 Å². The van der Waals surface area contributed by atoms with Gasteiger partial charge in [-0.15, -0.1) is 0 Å². The van der Waals surface area contributed by atoms with Gasteiger partial charge in [0.15, 0.2) is 0 Å². The highest BCUT2D eigenvalue weighted by molar-refractivity contribution is 5.86. The van der Waals surface area contributed by atoms with Crippen molar-refractivity contribution >= 4 is 17.7 Å². The molecule has 0 saturated carbocycles. The summed E-state index contributed by atoms with van der Waals surface area (Å²) in [7, 11) is 0. The minimum absolute atomic E-state index is 0.0906. The van der Waals surface area contributed by atoms with E-state index in [2.05, 4.69) is 5.32 Å². The molecule has 2 aromatic rings. The third kappa shape index (κ3) is 3.64. The van der Waals surface area contributed by atoms with Gasteiger partial charge < -0.3 is 15.7 Å². The predicted molar refractivity (Wildman–Crippen MR) is 95.2 cm³/mol. The van der Waals surface area contributed by atoms with E-state index in [9.17, 15) is 9.59 Å². The lowest BCUT2D eigenvalue weighted by atomic mass is 9.96. The van der Waals surface area contributed by atoms with Crippen LogP contribution < -0.4 is 11.1 Å². The molecule has 2 aromatic carbocycles. The summed E-state index contributed by atoms with van der Waals surface area (Å²) in [5, 5.41) is 11.4. The average Bonchev–Trinajstić information content (AvgIpc) is 2.70. The molecule has 1 aliphatic heterocycles. The van der Waals surface area contributed by atoms with Gasteiger partial charge in [0.25, 0.3) is 0 Å². The Labute approximate surface area is 146 Å². The topological polar surface area (TPSA) is 95.7 Å². The lowest BCUT2D eigenvalue weighted by Gasteiger charge is -2.24. The van der Waals surface area contributed by atoms with Crippen molar-refractivity contribution in [1.82, 2.24) is 4.90 Å². The molecule has 3 rings (SSSR count). The maximum Gasteiger partial charge on any atom is 0.409 e. The number of benzene rings is 2. The Morgan fingerprint density at radius 2 is 2.00 bits per heavy atom. The molecule has 0 aromatic heterocycles. The Balaban J connectivity index is 1.96. The van der Waals surface area contributed by atoms with E-state index < -0.39 is 12.1 Å². The number of rotatable bonds is 3. The van der Waals surface area contributed by atoms with Crippen LogP contribution in [0.4, 0.5) is 10.5 Å². The van der Waals surface area contributed by atoms with Crippen LogP contribution in [0, 0.1) is 6.92 Å². The van der Waals surface area contributed by atoms with Gasteiger partial charge in [0.05, 0.1) is 6.04 Å². The summed E-state index contributed by atoms with van der Waals surface area (Å²) in [6.45, 7) is 2.76. The molecule has 0 radical (unpaired) electrons. The molecule has 25 heavy (non-hydrogen) atoms. The van der Waals surface area contributed by atoms with E-state index in [4.69, 9.17) is 10.8 Å². The van der Waals surface area contributed by atoms with Gasteiger partial charge in [0, 0.05) is 18.8 Å². The van der Waals surface area contributed by atoms with E-state index in [-0.39, 0.29) is 5.91 Å². The van der Waals surface area contributed by atoms with Crippen molar-refractivity contribution in [3.8, 4) is 0 Å². The van der Waals surface area contributed by atoms with Crippen LogP contribution in [0.1, 0.15) is 22.3 Å². The normalized spacial score (nSPS) is 17.0. The van der Waals surface area contributed by atoms with Crippen molar-refractivity contribution in [2.24, 2.45) is 5.73 Å². The summed E-state index contributed by atoms with van der Waals surface area (Å²) >= 11 is 0. The van der Waals surface area contributed by atoms with Gasteiger partial charge in [0.2, 0.25) is 5.91 Å². The number of fused-ring (bicyclic) bond motifs is 1. The standard InChI is InChI=1S/C19H21N3O3/c1-12-15-11-22(10-13-5-3-2-4-6-13)18(23)16(20)9-14(15)7-8-17(12)21-19(24)25/h2-8,16,21H,9-11,20H2,1H3,(H,24,25). The number of hydrogen-bond acceptors (Lipinski definition) is 3. The number of anilines is 1. The number of carbonyl (C=O) groups excluding carboxylic acids is 1. The van der Waals surface area contributed by atoms with Crippen molar-refractivity contribution in [1.29, 1.82) is 0 Å². The number of carbonyl (C=O) groups is 2. The Kier molecular flexibility index (Phi) is 4.72. The van der Waals surface area contributed by atoms with Crippen molar-refractivity contribution in [2.45, 2.75) is 32.5 Å². The van der Waals surface area contributed by atoms with Crippen LogP contribution in [-0.2, 0) is 24.3 Å². The lowest BCUT2D eigenvalue weighted by Crippen LogP contribution is -2.42. The molecule has 4 N–H and O–H groups in total. The van der Waals surface area contributed by atoms with Crippen molar-refractivity contribution in [3.63, 3.8) is 0 Å². The molecule has 2 amide bonds. The van der Waals surface area contributed by atoms with Gasteiger partial charge >= 0.3 is 6.09 Å². The molecule has 6 nitrogen and oxygen atoms in total. The fraction of sp³-hybridized carbons (Fsp3) is 0.263. The van der Waals surface area contributed by atoms with Crippen LogP contribution in [0.3, 0.4) is 0 Å². The van der Waals surface area contributed by atoms with Crippen LogP contribution in [0.2, 0.25) is 0 Å². The number of nitrogens with one attached hydrogen (secondary N) is 1. The average molecular weight is 339 g/mol. The molecular formula is C19H21N3O3. The first-order valence-electron chi connectivity index (χ1n) is 8.15. The third-order valence-electron chi connectivity index (χ3n) is 4.57. The van der Waals surface area contributed by atoms with E-state index in [1.54, 1.807) is 11.0 Å². The molecule has 1 aliphatic rings. The molecule has 0 fully saturated rings. The van der Waals surface area contributed by atoms with E-state index >= 15 is 0 Å². The van der Waals surface area contributed by atoms with Crippen molar-refractivity contribution in [3.05, 3.63) is 64.7 Å². The first-order valence-corrected chi connectivity index (χ1v) is 8.15. The molecule has 1 unspecified atom stereocenters. The Morgan fingerprint density at radius 3 is 2.68 bits per heavy atom. The van der Waals surface area contributed by atoms with Gasteiger partial charge in [-0.05, 0) is 41.7 Å². The second kappa shape index (κ2) is 6.94. The predicted octanol–water partition coefficient (Wildman–Crippen LogP) is 2.50. The quantitative estimate of drug-likeness (QED) is 0.800. The molecule has 0 bridgehead atoms. The maximum atomic E-state index is 12.7. The Hall–Kier alpha value is -2.86. The largest absolute Gasteiger partial charge is 0.465 e. The maximum absolute atomic E-state index is 12.7. The smallest absolute Gasteiger partial charge is 0.409 e. The highest BCUT2D eigenvalue weighted by Crippen LogP contribution is 2.28. The monoisotopic (exact) mass is 339 g/mol. The van der Waals surface area contributed by atoms with Gasteiger partial charge in [0.1, 0.15) is 0 Å². The van der Waals surface area contributed by atoms with Crippen LogP contribution in [0.25, 0.3) is 0 Å². The molecule has 0 spiro atoms. The molecule has 0 aliphatic carbocycles. The highest BCUT2D eigenvalue weighted by Gasteiger charge is 2.28. The lowest BCUT2D eigenvalue weighted by molar-refractivity contribution is -0.133. The zero-order chi connectivity index (χ0) is 18.0. The Morgan fingerprint density at radius 1 is 1.28 bits per heavy atom. The Bertz CT molecular complexity index is 805. The van der Waals surface area contributed by atoms with Gasteiger partial charge in [-0.2, -0.15) is 0 Å². The first-order chi connectivity index (χ1) is 12.0. The molecular weight excluding hydrogens is 318 g/mol. The summed E-state index contributed by atoms with van der Waals surface area (Å²) in [6, 6.07) is 12.7. The number of nitrogens with zero attached hydrogens (tertiary/aromatic N) is 1. The third-order valence-corrected chi connectivity index (χ3v) is 4.57. The second-order valence-electron chi connectivity index (χ2n) is 6.30. The molecule has 1 heterocycles. The van der Waals surface area contributed by atoms with E-state index in [0.717, 1.165) is 22.3 Å². The van der Waals surface area contributed by atoms with Crippen molar-refractivity contribution in [2.75, 3.05) is 5.32 Å². The molecule has 1 atom stereocenters. The second-order valence-corrected chi connectivity index (χ2v) is 6.30. The number of nitrogens with two attached hydrogens (primary N) is 1. The number of carboxylic acid groups (broad SMARTS) is 1. The zero-order valence-corrected chi connectivity index (χ0v) is 14.0. The van der Waals surface area contributed by atoms with Gasteiger partial charge in [-0.25, -0.2) is 4.79 Å².